The molecule has 0 fully saturated rings. The highest BCUT2D eigenvalue weighted by molar-refractivity contribution is 8.00. The molecule has 0 aliphatic rings. The maximum Gasteiger partial charge on any atom is 0.230 e. The van der Waals surface area contributed by atoms with E-state index in [1.165, 1.54) is 29.5 Å². The Morgan fingerprint density at radius 1 is 1.27 bits per heavy atom. The van der Waals surface area contributed by atoms with Gasteiger partial charge in [-0.05, 0) is 29.7 Å². The molecule has 1 atom stereocenters. The number of amides is 1. The minimum absolute atomic E-state index is 0.0479. The van der Waals surface area contributed by atoms with Gasteiger partial charge in [-0.25, -0.2) is 4.39 Å². The second-order valence-electron chi connectivity index (χ2n) is 4.98. The first-order valence-electron chi connectivity index (χ1n) is 6.95. The van der Waals surface area contributed by atoms with E-state index >= 15 is 0 Å². The molecule has 1 unspecified atom stereocenters. The lowest BCUT2D eigenvalue weighted by molar-refractivity contribution is -0.118. The predicted octanol–water partition coefficient (Wildman–Crippen LogP) is 4.49. The monoisotopic (exact) mass is 337 g/mol. The number of benzene rings is 2. The lowest BCUT2D eigenvalue weighted by Gasteiger charge is -2.13. The summed E-state index contributed by atoms with van der Waals surface area (Å²) in [6.07, 6.45) is 0. The van der Waals surface area contributed by atoms with Crippen LogP contribution in [0.15, 0.2) is 53.4 Å². The van der Waals surface area contributed by atoms with Gasteiger partial charge in [0, 0.05) is 11.4 Å². The molecule has 2 nitrogen and oxygen atoms in total. The van der Waals surface area contributed by atoms with Gasteiger partial charge < -0.3 is 5.32 Å². The Morgan fingerprint density at radius 3 is 2.68 bits per heavy atom. The summed E-state index contributed by atoms with van der Waals surface area (Å²) in [6.45, 7) is 2.66. The summed E-state index contributed by atoms with van der Waals surface area (Å²) in [5, 5.41) is 2.98. The zero-order chi connectivity index (χ0) is 15.9. The predicted molar refractivity (Wildman–Crippen MR) is 90.0 cm³/mol. The van der Waals surface area contributed by atoms with E-state index in [1.807, 2.05) is 30.3 Å². The van der Waals surface area contributed by atoms with Gasteiger partial charge in [-0.2, -0.15) is 0 Å². The van der Waals surface area contributed by atoms with Gasteiger partial charge in [0.05, 0.1) is 10.8 Å². The topological polar surface area (TPSA) is 29.1 Å². The van der Waals surface area contributed by atoms with Gasteiger partial charge in [0.15, 0.2) is 0 Å². The van der Waals surface area contributed by atoms with Crippen LogP contribution < -0.4 is 5.32 Å². The molecule has 0 spiro atoms. The first kappa shape index (κ1) is 16.8. The molecule has 5 heteroatoms. The molecule has 2 rings (SSSR count). The molecule has 2 aromatic carbocycles. The van der Waals surface area contributed by atoms with Crippen LogP contribution in [0.2, 0.25) is 5.02 Å². The van der Waals surface area contributed by atoms with Gasteiger partial charge in [0.2, 0.25) is 5.91 Å². The van der Waals surface area contributed by atoms with E-state index in [2.05, 4.69) is 12.2 Å². The maximum atomic E-state index is 13.0. The van der Waals surface area contributed by atoms with E-state index in [9.17, 15) is 9.18 Å². The molecular weight excluding hydrogens is 321 g/mol. The van der Waals surface area contributed by atoms with Gasteiger partial charge >= 0.3 is 0 Å². The van der Waals surface area contributed by atoms with Gasteiger partial charge in [-0.3, -0.25) is 4.79 Å². The average Bonchev–Trinajstić information content (AvgIpc) is 2.54. The fourth-order valence-electron chi connectivity index (χ4n) is 1.93. The largest absolute Gasteiger partial charge is 0.355 e. The highest BCUT2D eigenvalue weighted by Gasteiger charge is 2.08. The standard InChI is InChI=1S/C17H17ClFNOS/c1-12(13-5-3-2-4-6-13)10-20-17(21)11-22-14-7-8-16(19)15(18)9-14/h2-9,12H,10-11H2,1H3,(H,20,21). The number of carbonyl (C=O) groups excluding carboxylic acids is 1. The Kier molecular flexibility index (Phi) is 6.28. The molecular formula is C17H17ClFNOS. The fraction of sp³-hybridized carbons (Fsp3) is 0.235. The average molecular weight is 338 g/mol. The summed E-state index contributed by atoms with van der Waals surface area (Å²) in [7, 11) is 0. The van der Waals surface area contributed by atoms with Crippen LogP contribution in [0.1, 0.15) is 18.4 Å². The van der Waals surface area contributed by atoms with Crippen molar-refractivity contribution in [3.05, 3.63) is 64.9 Å². The summed E-state index contributed by atoms with van der Waals surface area (Å²) in [6, 6.07) is 14.5. The number of hydrogen-bond donors (Lipinski definition) is 1. The van der Waals surface area contributed by atoms with E-state index in [0.29, 0.717) is 6.54 Å². The second kappa shape index (κ2) is 8.20. The summed E-state index contributed by atoms with van der Waals surface area (Å²) >= 11 is 7.05. The second-order valence-corrected chi connectivity index (χ2v) is 6.44. The van der Waals surface area contributed by atoms with Crippen molar-refractivity contribution in [3.8, 4) is 0 Å². The molecule has 0 heterocycles. The molecule has 0 aromatic heterocycles. The summed E-state index contributed by atoms with van der Waals surface area (Å²) < 4.78 is 13.0. The molecule has 116 valence electrons. The van der Waals surface area contributed by atoms with Crippen LogP contribution in [0.4, 0.5) is 4.39 Å². The maximum absolute atomic E-state index is 13.0. The zero-order valence-electron chi connectivity index (χ0n) is 12.2. The number of carbonyl (C=O) groups is 1. The van der Waals surface area contributed by atoms with Crippen LogP contribution in [0.5, 0.6) is 0 Å². The quantitative estimate of drug-likeness (QED) is 0.787. The number of rotatable bonds is 6. The van der Waals surface area contributed by atoms with Crippen molar-refractivity contribution in [1.82, 2.24) is 5.32 Å². The zero-order valence-corrected chi connectivity index (χ0v) is 13.8. The highest BCUT2D eigenvalue weighted by Crippen LogP contribution is 2.23. The van der Waals surface area contributed by atoms with Crippen LogP contribution in [-0.2, 0) is 4.79 Å². The first-order valence-corrected chi connectivity index (χ1v) is 8.32. The lowest BCUT2D eigenvalue weighted by Crippen LogP contribution is -2.28. The van der Waals surface area contributed by atoms with E-state index in [0.717, 1.165) is 4.90 Å². The van der Waals surface area contributed by atoms with Crippen LogP contribution in [0.25, 0.3) is 0 Å². The Bertz CT molecular complexity index is 636. The number of halogens is 2. The third-order valence-corrected chi connectivity index (χ3v) is 4.52. The number of nitrogens with one attached hydrogen (secondary N) is 1. The van der Waals surface area contributed by atoms with Crippen LogP contribution in [0, 0.1) is 5.82 Å². The summed E-state index contributed by atoms with van der Waals surface area (Å²) in [5.74, 6) is 0.0412. The molecule has 2 aromatic rings. The van der Waals surface area contributed by atoms with Crippen molar-refractivity contribution in [2.45, 2.75) is 17.7 Å². The Morgan fingerprint density at radius 2 is 2.00 bits per heavy atom. The minimum atomic E-state index is -0.452. The van der Waals surface area contributed by atoms with Gasteiger partial charge in [-0.15, -0.1) is 11.8 Å². The van der Waals surface area contributed by atoms with Crippen molar-refractivity contribution in [1.29, 1.82) is 0 Å². The molecule has 0 bridgehead atoms. The first-order chi connectivity index (χ1) is 10.6. The smallest absolute Gasteiger partial charge is 0.230 e. The van der Waals surface area contributed by atoms with Gasteiger partial charge in [0.25, 0.3) is 0 Å². The van der Waals surface area contributed by atoms with Gasteiger partial charge in [0.1, 0.15) is 5.82 Å². The third-order valence-electron chi connectivity index (χ3n) is 3.24. The third kappa shape index (κ3) is 5.04. The van der Waals surface area contributed by atoms with Crippen LogP contribution in [0.3, 0.4) is 0 Å². The lowest BCUT2D eigenvalue weighted by atomic mass is 10.0. The van der Waals surface area contributed by atoms with E-state index < -0.39 is 5.82 Å². The van der Waals surface area contributed by atoms with Crippen LogP contribution >= 0.6 is 23.4 Å². The molecule has 0 radical (unpaired) electrons. The molecule has 1 amide bonds. The van der Waals surface area contributed by atoms with Crippen molar-refractivity contribution >= 4 is 29.3 Å². The molecule has 1 N–H and O–H groups in total. The Hall–Kier alpha value is -1.52. The fourth-order valence-corrected chi connectivity index (χ4v) is 2.94. The van der Waals surface area contributed by atoms with Crippen LogP contribution in [-0.4, -0.2) is 18.2 Å². The van der Waals surface area contributed by atoms with E-state index in [1.54, 1.807) is 6.07 Å². The Labute approximate surface area is 139 Å². The van der Waals surface area contributed by atoms with Crippen molar-refractivity contribution in [2.75, 3.05) is 12.3 Å². The summed E-state index contributed by atoms with van der Waals surface area (Å²) in [4.78, 5) is 12.6. The summed E-state index contributed by atoms with van der Waals surface area (Å²) in [5.41, 5.74) is 1.20. The minimum Gasteiger partial charge on any atom is -0.355 e. The molecule has 0 saturated carbocycles. The highest BCUT2D eigenvalue weighted by atomic mass is 35.5. The van der Waals surface area contributed by atoms with Crippen molar-refractivity contribution in [2.24, 2.45) is 0 Å². The molecule has 0 aliphatic carbocycles. The Balaban J connectivity index is 1.77. The molecule has 0 aliphatic heterocycles. The van der Waals surface area contributed by atoms with E-state index in [-0.39, 0.29) is 22.6 Å². The van der Waals surface area contributed by atoms with Gasteiger partial charge in [-0.1, -0.05) is 48.9 Å². The van der Waals surface area contributed by atoms with Crippen molar-refractivity contribution < 1.29 is 9.18 Å². The molecule has 22 heavy (non-hydrogen) atoms. The normalized spacial score (nSPS) is 12.0. The van der Waals surface area contributed by atoms with E-state index in [4.69, 9.17) is 11.6 Å². The molecule has 0 saturated heterocycles. The van der Waals surface area contributed by atoms with Crippen molar-refractivity contribution in [3.63, 3.8) is 0 Å². The number of hydrogen-bond acceptors (Lipinski definition) is 2. The number of thioether (sulfide) groups is 1. The SMILES string of the molecule is CC(CNC(=O)CSc1ccc(F)c(Cl)c1)c1ccccc1.